The van der Waals surface area contributed by atoms with E-state index in [1.807, 2.05) is 30.3 Å². The highest BCUT2D eigenvalue weighted by Crippen LogP contribution is 2.42. The van der Waals surface area contributed by atoms with Gasteiger partial charge in [0.2, 0.25) is 0 Å². The highest BCUT2D eigenvalue weighted by Gasteiger charge is 2.42. The Morgan fingerprint density at radius 1 is 0.947 bits per heavy atom. The molecule has 1 saturated carbocycles. The zero-order chi connectivity index (χ0) is 13.3. The van der Waals surface area contributed by atoms with E-state index < -0.39 is 11.4 Å². The van der Waals surface area contributed by atoms with Gasteiger partial charge in [-0.25, -0.2) is 0 Å². The highest BCUT2D eigenvalue weighted by atomic mass is 16.4. The van der Waals surface area contributed by atoms with Crippen molar-refractivity contribution in [2.45, 2.75) is 37.5 Å². The normalized spacial score (nSPS) is 18.3. The molecule has 1 N–H and O–H groups in total. The van der Waals surface area contributed by atoms with Crippen LogP contribution in [0.5, 0.6) is 0 Å². The first kappa shape index (κ1) is 12.2. The molecule has 0 unspecified atom stereocenters. The van der Waals surface area contributed by atoms with Crippen LogP contribution in [0.25, 0.3) is 10.8 Å². The van der Waals surface area contributed by atoms with E-state index >= 15 is 0 Å². The Morgan fingerprint density at radius 3 is 2.37 bits per heavy atom. The molecule has 2 aromatic carbocycles. The van der Waals surface area contributed by atoms with Gasteiger partial charge in [0.15, 0.2) is 0 Å². The van der Waals surface area contributed by atoms with Crippen LogP contribution in [0.1, 0.15) is 37.7 Å². The summed E-state index contributed by atoms with van der Waals surface area (Å²) in [7, 11) is 0. The molecular weight excluding hydrogens is 236 g/mol. The molecule has 0 heterocycles. The monoisotopic (exact) mass is 254 g/mol. The average molecular weight is 254 g/mol. The Morgan fingerprint density at radius 2 is 1.63 bits per heavy atom. The third-order valence-corrected chi connectivity index (χ3v) is 4.42. The second kappa shape index (κ2) is 4.69. The SMILES string of the molecule is O=C(O)C1(c2cccc3ccccc23)CCCCC1. The molecule has 0 atom stereocenters. The maximum atomic E-state index is 11.9. The summed E-state index contributed by atoms with van der Waals surface area (Å²) in [6.07, 6.45) is 4.69. The van der Waals surface area contributed by atoms with Gasteiger partial charge in [-0.05, 0) is 29.2 Å². The number of benzene rings is 2. The first-order chi connectivity index (χ1) is 9.24. The standard InChI is InChI=1S/C17H18O2/c18-16(19)17(11-4-1-5-12-17)15-10-6-8-13-7-2-3-9-14(13)15/h2-3,6-10H,1,4-5,11-12H2,(H,18,19). The molecule has 0 radical (unpaired) electrons. The minimum atomic E-state index is -0.681. The van der Waals surface area contributed by atoms with Gasteiger partial charge in [-0.1, -0.05) is 61.7 Å². The van der Waals surface area contributed by atoms with E-state index in [1.54, 1.807) is 0 Å². The van der Waals surface area contributed by atoms with Crippen LogP contribution >= 0.6 is 0 Å². The molecule has 2 heteroatoms. The maximum Gasteiger partial charge on any atom is 0.314 e. The van der Waals surface area contributed by atoms with Gasteiger partial charge < -0.3 is 5.11 Å². The smallest absolute Gasteiger partial charge is 0.314 e. The Kier molecular flexibility index (Phi) is 3.02. The van der Waals surface area contributed by atoms with Gasteiger partial charge >= 0.3 is 5.97 Å². The molecule has 2 aromatic rings. The Bertz CT molecular complexity index is 604. The lowest BCUT2D eigenvalue weighted by Crippen LogP contribution is -2.38. The van der Waals surface area contributed by atoms with E-state index in [9.17, 15) is 9.90 Å². The number of fused-ring (bicyclic) bond motifs is 1. The minimum Gasteiger partial charge on any atom is -0.481 e. The summed E-state index contributed by atoms with van der Waals surface area (Å²) in [6.45, 7) is 0. The number of hydrogen-bond donors (Lipinski definition) is 1. The molecule has 1 aliphatic carbocycles. The van der Waals surface area contributed by atoms with Gasteiger partial charge in [-0.3, -0.25) is 4.79 Å². The Balaban J connectivity index is 2.23. The molecule has 19 heavy (non-hydrogen) atoms. The largest absolute Gasteiger partial charge is 0.481 e. The summed E-state index contributed by atoms with van der Waals surface area (Å²) in [5.74, 6) is -0.663. The van der Waals surface area contributed by atoms with Gasteiger partial charge in [-0.15, -0.1) is 0 Å². The van der Waals surface area contributed by atoms with Crippen molar-refractivity contribution in [1.29, 1.82) is 0 Å². The van der Waals surface area contributed by atoms with Crippen molar-refractivity contribution < 1.29 is 9.90 Å². The number of rotatable bonds is 2. The molecule has 0 amide bonds. The van der Waals surface area contributed by atoms with Crippen LogP contribution in [-0.4, -0.2) is 11.1 Å². The van der Waals surface area contributed by atoms with E-state index in [-0.39, 0.29) is 0 Å². The fraction of sp³-hybridized carbons (Fsp3) is 0.353. The first-order valence-corrected chi connectivity index (χ1v) is 6.96. The van der Waals surface area contributed by atoms with Crippen molar-refractivity contribution in [2.75, 3.05) is 0 Å². The van der Waals surface area contributed by atoms with Gasteiger partial charge in [0.05, 0.1) is 5.41 Å². The third-order valence-electron chi connectivity index (χ3n) is 4.42. The molecule has 1 aliphatic rings. The Hall–Kier alpha value is -1.83. The molecule has 0 aromatic heterocycles. The van der Waals surface area contributed by atoms with E-state index in [1.165, 1.54) is 0 Å². The van der Waals surface area contributed by atoms with Gasteiger partial charge in [0.1, 0.15) is 0 Å². The predicted molar refractivity (Wildman–Crippen MR) is 76.3 cm³/mol. The summed E-state index contributed by atoms with van der Waals surface area (Å²) < 4.78 is 0. The summed E-state index contributed by atoms with van der Waals surface area (Å²) in [5, 5.41) is 12.0. The minimum absolute atomic E-state index is 0.663. The van der Waals surface area contributed by atoms with Crippen molar-refractivity contribution in [3.05, 3.63) is 48.0 Å². The fourth-order valence-corrected chi connectivity index (χ4v) is 3.40. The number of aliphatic carboxylic acids is 1. The number of carbonyl (C=O) groups is 1. The fourth-order valence-electron chi connectivity index (χ4n) is 3.40. The Labute approximate surface area is 113 Å². The van der Waals surface area contributed by atoms with Crippen LogP contribution in [0.4, 0.5) is 0 Å². The van der Waals surface area contributed by atoms with Crippen LogP contribution in [0.15, 0.2) is 42.5 Å². The second-order valence-electron chi connectivity index (χ2n) is 5.47. The van der Waals surface area contributed by atoms with Crippen LogP contribution in [-0.2, 0) is 10.2 Å². The highest BCUT2D eigenvalue weighted by molar-refractivity contribution is 5.93. The second-order valence-corrected chi connectivity index (χ2v) is 5.47. The van der Waals surface area contributed by atoms with Crippen LogP contribution < -0.4 is 0 Å². The molecule has 2 nitrogen and oxygen atoms in total. The van der Waals surface area contributed by atoms with Crippen LogP contribution in [0.2, 0.25) is 0 Å². The summed E-state index contributed by atoms with van der Waals surface area (Å²) >= 11 is 0. The zero-order valence-corrected chi connectivity index (χ0v) is 10.9. The van der Waals surface area contributed by atoms with E-state index in [0.717, 1.165) is 48.4 Å². The molecule has 3 rings (SSSR count). The molecule has 0 spiro atoms. The summed E-state index contributed by atoms with van der Waals surface area (Å²) in [5.41, 5.74) is 0.317. The number of carboxylic acid groups (broad SMARTS) is 1. The van der Waals surface area contributed by atoms with Crippen molar-refractivity contribution in [1.82, 2.24) is 0 Å². The molecular formula is C17H18O2. The van der Waals surface area contributed by atoms with Crippen molar-refractivity contribution >= 4 is 16.7 Å². The topological polar surface area (TPSA) is 37.3 Å². The van der Waals surface area contributed by atoms with Gasteiger partial charge in [-0.2, -0.15) is 0 Å². The third kappa shape index (κ3) is 1.92. The summed E-state index contributed by atoms with van der Waals surface area (Å²) in [6, 6.07) is 14.1. The van der Waals surface area contributed by atoms with E-state index in [2.05, 4.69) is 12.1 Å². The molecule has 98 valence electrons. The molecule has 0 bridgehead atoms. The molecule has 1 fully saturated rings. The average Bonchev–Trinajstić information content (AvgIpc) is 2.47. The van der Waals surface area contributed by atoms with Crippen LogP contribution in [0.3, 0.4) is 0 Å². The van der Waals surface area contributed by atoms with Crippen molar-refractivity contribution in [3.8, 4) is 0 Å². The number of hydrogen-bond acceptors (Lipinski definition) is 1. The lowest BCUT2D eigenvalue weighted by molar-refractivity contribution is -0.145. The van der Waals surface area contributed by atoms with Crippen molar-refractivity contribution in [2.24, 2.45) is 0 Å². The van der Waals surface area contributed by atoms with E-state index in [4.69, 9.17) is 0 Å². The zero-order valence-electron chi connectivity index (χ0n) is 10.9. The first-order valence-electron chi connectivity index (χ1n) is 6.96. The quantitative estimate of drug-likeness (QED) is 0.875. The lowest BCUT2D eigenvalue weighted by atomic mass is 9.68. The van der Waals surface area contributed by atoms with Crippen LogP contribution in [0, 0.1) is 0 Å². The predicted octanol–water partition coefficient (Wildman–Crippen LogP) is 4.13. The molecule has 0 aliphatic heterocycles. The molecule has 0 saturated heterocycles. The van der Waals surface area contributed by atoms with Gasteiger partial charge in [0, 0.05) is 0 Å². The summed E-state index contributed by atoms with van der Waals surface area (Å²) in [4.78, 5) is 11.9. The maximum absolute atomic E-state index is 11.9. The lowest BCUT2D eigenvalue weighted by Gasteiger charge is -2.34. The van der Waals surface area contributed by atoms with Gasteiger partial charge in [0.25, 0.3) is 0 Å². The number of carboxylic acids is 1. The van der Waals surface area contributed by atoms with E-state index in [0.29, 0.717) is 0 Å². The van der Waals surface area contributed by atoms with Crippen molar-refractivity contribution in [3.63, 3.8) is 0 Å².